The van der Waals surface area contributed by atoms with Gasteiger partial charge in [-0.1, -0.05) is 31.2 Å². The molecule has 2 N–H and O–H groups in total. The van der Waals surface area contributed by atoms with Crippen LogP contribution in [0, 0.1) is 0 Å². The Bertz CT molecular complexity index is 346. The zero-order chi connectivity index (χ0) is 14.8. The Balaban J connectivity index is 2.80. The van der Waals surface area contributed by atoms with Gasteiger partial charge >= 0.3 is 0 Å². The molecule has 0 bridgehead atoms. The zero-order valence-electron chi connectivity index (χ0n) is 13.0. The van der Waals surface area contributed by atoms with E-state index in [2.05, 4.69) is 36.1 Å². The molecular weight excluding hydrogens is 252 g/mol. The van der Waals surface area contributed by atoms with Crippen molar-refractivity contribution in [3.8, 4) is 0 Å². The third-order valence-electron chi connectivity index (χ3n) is 3.60. The number of nitrogens with zero attached hydrogens (tertiary/aromatic N) is 1. The zero-order valence-corrected chi connectivity index (χ0v) is 13.0. The van der Waals surface area contributed by atoms with Gasteiger partial charge in [-0.05, 0) is 17.5 Å². The minimum atomic E-state index is 0.214. The normalized spacial score (nSPS) is 12.8. The molecule has 20 heavy (non-hydrogen) atoms. The smallest absolute Gasteiger partial charge is 0.0589 e. The molecule has 0 heterocycles. The highest BCUT2D eigenvalue weighted by Crippen LogP contribution is 2.20. The third-order valence-corrected chi connectivity index (χ3v) is 3.60. The maximum Gasteiger partial charge on any atom is 0.0589 e. The van der Waals surface area contributed by atoms with Gasteiger partial charge in [-0.2, -0.15) is 0 Å². The first-order chi connectivity index (χ1) is 9.76. The molecule has 114 valence electrons. The largest absolute Gasteiger partial charge is 0.383 e. The highest BCUT2D eigenvalue weighted by Gasteiger charge is 2.18. The van der Waals surface area contributed by atoms with Gasteiger partial charge in [0.05, 0.1) is 13.2 Å². The molecule has 1 rings (SSSR count). The minimum Gasteiger partial charge on any atom is -0.383 e. The van der Waals surface area contributed by atoms with Crippen molar-refractivity contribution in [1.82, 2.24) is 4.90 Å². The molecule has 1 aromatic carbocycles. The molecule has 0 radical (unpaired) electrons. The fourth-order valence-electron chi connectivity index (χ4n) is 2.31. The number of methoxy groups -OCH3 is 2. The Morgan fingerprint density at radius 3 is 2.00 bits per heavy atom. The van der Waals surface area contributed by atoms with Crippen LogP contribution >= 0.6 is 0 Å². The second-order valence-corrected chi connectivity index (χ2v) is 4.87. The first-order valence-electron chi connectivity index (χ1n) is 7.27. The summed E-state index contributed by atoms with van der Waals surface area (Å²) in [6.07, 6.45) is 1.06. The van der Waals surface area contributed by atoms with Crippen molar-refractivity contribution in [2.45, 2.75) is 19.4 Å². The average molecular weight is 280 g/mol. The Kier molecular flexibility index (Phi) is 8.46. The van der Waals surface area contributed by atoms with Crippen molar-refractivity contribution in [1.29, 1.82) is 0 Å². The number of ether oxygens (including phenoxy) is 2. The Labute approximate surface area is 122 Å². The van der Waals surface area contributed by atoms with Crippen LogP contribution in [0.4, 0.5) is 0 Å². The summed E-state index contributed by atoms with van der Waals surface area (Å²) in [6.45, 7) is 5.88. The number of benzene rings is 1. The lowest BCUT2D eigenvalue weighted by molar-refractivity contribution is 0.0891. The lowest BCUT2D eigenvalue weighted by Crippen LogP contribution is -2.38. The second kappa shape index (κ2) is 9.88. The number of rotatable bonds is 10. The average Bonchev–Trinajstić information content (AvgIpc) is 2.50. The quantitative estimate of drug-likeness (QED) is 0.710. The van der Waals surface area contributed by atoms with Crippen LogP contribution < -0.4 is 5.73 Å². The first kappa shape index (κ1) is 17.1. The highest BCUT2D eigenvalue weighted by molar-refractivity contribution is 5.25. The molecule has 0 saturated heterocycles. The van der Waals surface area contributed by atoms with Crippen molar-refractivity contribution < 1.29 is 9.47 Å². The fraction of sp³-hybridized carbons (Fsp3) is 0.625. The van der Waals surface area contributed by atoms with E-state index < -0.39 is 0 Å². The summed E-state index contributed by atoms with van der Waals surface area (Å²) >= 11 is 0. The van der Waals surface area contributed by atoms with Gasteiger partial charge in [0.1, 0.15) is 0 Å². The molecule has 0 aliphatic rings. The molecule has 4 heteroatoms. The summed E-state index contributed by atoms with van der Waals surface area (Å²) in [5.74, 6) is 0. The summed E-state index contributed by atoms with van der Waals surface area (Å²) in [6, 6.07) is 8.95. The van der Waals surface area contributed by atoms with E-state index in [-0.39, 0.29) is 6.04 Å². The van der Waals surface area contributed by atoms with Gasteiger partial charge in [0.2, 0.25) is 0 Å². The van der Waals surface area contributed by atoms with Gasteiger partial charge in [-0.25, -0.2) is 0 Å². The van der Waals surface area contributed by atoms with Crippen LogP contribution in [0.5, 0.6) is 0 Å². The predicted octanol–water partition coefficient (Wildman–Crippen LogP) is 1.84. The van der Waals surface area contributed by atoms with E-state index in [1.165, 1.54) is 11.1 Å². The molecule has 4 nitrogen and oxygen atoms in total. The maximum atomic E-state index is 6.00. The van der Waals surface area contributed by atoms with E-state index in [1.807, 2.05) is 0 Å². The molecule has 1 aromatic rings. The van der Waals surface area contributed by atoms with Crippen molar-refractivity contribution >= 4 is 0 Å². The number of nitrogens with two attached hydrogens (primary N) is 1. The van der Waals surface area contributed by atoms with E-state index in [0.29, 0.717) is 19.8 Å². The molecule has 1 atom stereocenters. The van der Waals surface area contributed by atoms with Crippen LogP contribution in [0.3, 0.4) is 0 Å². The van der Waals surface area contributed by atoms with Crippen molar-refractivity contribution in [3.05, 3.63) is 35.4 Å². The molecule has 0 amide bonds. The number of hydrogen-bond donors (Lipinski definition) is 1. The Morgan fingerprint density at radius 2 is 1.60 bits per heavy atom. The third kappa shape index (κ3) is 5.21. The van der Waals surface area contributed by atoms with Gasteiger partial charge in [0.15, 0.2) is 0 Å². The minimum absolute atomic E-state index is 0.214. The first-order valence-corrected chi connectivity index (χ1v) is 7.27. The van der Waals surface area contributed by atoms with Crippen molar-refractivity contribution in [2.75, 3.05) is 47.1 Å². The van der Waals surface area contributed by atoms with Crippen LogP contribution in [0.25, 0.3) is 0 Å². The monoisotopic (exact) mass is 280 g/mol. The SMILES string of the molecule is CCc1ccc(C(CN)N(CCOC)CCOC)cc1. The molecule has 0 aliphatic carbocycles. The van der Waals surface area contributed by atoms with Crippen molar-refractivity contribution in [2.24, 2.45) is 5.73 Å². The molecule has 0 aliphatic heterocycles. The highest BCUT2D eigenvalue weighted by atomic mass is 16.5. The standard InChI is InChI=1S/C16H28N2O2/c1-4-14-5-7-15(8-6-14)16(13-17)18(9-11-19-2)10-12-20-3/h5-8,16H,4,9-13,17H2,1-3H3. The van der Waals surface area contributed by atoms with E-state index in [0.717, 1.165) is 19.5 Å². The van der Waals surface area contributed by atoms with Gasteiger partial charge < -0.3 is 15.2 Å². The summed E-state index contributed by atoms with van der Waals surface area (Å²) in [5.41, 5.74) is 8.61. The van der Waals surface area contributed by atoms with Crippen molar-refractivity contribution in [3.63, 3.8) is 0 Å². The lowest BCUT2D eigenvalue weighted by atomic mass is 10.0. The second-order valence-electron chi connectivity index (χ2n) is 4.87. The summed E-state index contributed by atoms with van der Waals surface area (Å²) in [5, 5.41) is 0. The van der Waals surface area contributed by atoms with Gasteiger partial charge in [-0.3, -0.25) is 4.90 Å². The van der Waals surface area contributed by atoms with Gasteiger partial charge in [-0.15, -0.1) is 0 Å². The van der Waals surface area contributed by atoms with Crippen LogP contribution in [-0.2, 0) is 15.9 Å². The molecule has 0 spiro atoms. The van der Waals surface area contributed by atoms with E-state index >= 15 is 0 Å². The molecule has 0 saturated carbocycles. The van der Waals surface area contributed by atoms with Gasteiger partial charge in [0.25, 0.3) is 0 Å². The summed E-state index contributed by atoms with van der Waals surface area (Å²) in [7, 11) is 3.45. The van der Waals surface area contributed by atoms with E-state index in [9.17, 15) is 0 Å². The molecular formula is C16H28N2O2. The maximum absolute atomic E-state index is 6.00. The molecule has 0 aromatic heterocycles. The van der Waals surface area contributed by atoms with E-state index in [1.54, 1.807) is 14.2 Å². The number of aryl methyl sites for hydroxylation is 1. The summed E-state index contributed by atoms with van der Waals surface area (Å²) < 4.78 is 10.4. The molecule has 0 fully saturated rings. The van der Waals surface area contributed by atoms with Crippen LogP contribution in [-0.4, -0.2) is 52.0 Å². The molecule has 1 unspecified atom stereocenters. The fourth-order valence-corrected chi connectivity index (χ4v) is 2.31. The van der Waals surface area contributed by atoms with Crippen LogP contribution in [0.15, 0.2) is 24.3 Å². The number of hydrogen-bond acceptors (Lipinski definition) is 4. The lowest BCUT2D eigenvalue weighted by Gasteiger charge is -2.31. The van der Waals surface area contributed by atoms with Crippen LogP contribution in [0.1, 0.15) is 24.1 Å². The van der Waals surface area contributed by atoms with Gasteiger partial charge in [0, 0.05) is 39.9 Å². The Hall–Kier alpha value is -0.940. The predicted molar refractivity (Wildman–Crippen MR) is 82.9 cm³/mol. The topological polar surface area (TPSA) is 47.7 Å². The summed E-state index contributed by atoms with van der Waals surface area (Å²) in [4.78, 5) is 2.33. The van der Waals surface area contributed by atoms with E-state index in [4.69, 9.17) is 15.2 Å². The van der Waals surface area contributed by atoms with Crippen LogP contribution in [0.2, 0.25) is 0 Å². The Morgan fingerprint density at radius 1 is 1.05 bits per heavy atom.